The van der Waals surface area contributed by atoms with Crippen molar-refractivity contribution in [2.24, 2.45) is 0 Å². The molecule has 0 saturated carbocycles. The Bertz CT molecular complexity index is 802. The molecule has 1 aromatic heterocycles. The first-order chi connectivity index (χ1) is 10.2. The Morgan fingerprint density at radius 2 is 1.71 bits per heavy atom. The molecule has 0 spiro atoms. The fraction of sp³-hybridized carbons (Fsp3) is 0.133. The lowest BCUT2D eigenvalue weighted by molar-refractivity contribution is 0.172. The van der Waals surface area contributed by atoms with Gasteiger partial charge in [0.1, 0.15) is 19.0 Å². The summed E-state index contributed by atoms with van der Waals surface area (Å²) in [5.41, 5.74) is 2.58. The third-order valence-corrected chi connectivity index (χ3v) is 4.08. The van der Waals surface area contributed by atoms with E-state index in [1.165, 1.54) is 0 Å². The molecule has 0 amide bonds. The van der Waals surface area contributed by atoms with Crippen LogP contribution in [-0.2, 0) is 0 Å². The second kappa shape index (κ2) is 4.83. The first-order valence-corrected chi connectivity index (χ1v) is 7.21. The number of rotatable bonds is 1. The molecule has 0 unspecified atom stereocenters. The maximum atomic E-state index is 6.05. The van der Waals surface area contributed by atoms with E-state index < -0.39 is 0 Å². The summed E-state index contributed by atoms with van der Waals surface area (Å²) in [5.74, 6) is 2.19. The number of halogens is 2. The molecule has 0 aliphatic carbocycles. The van der Waals surface area contributed by atoms with Crippen LogP contribution in [0.4, 0.5) is 0 Å². The Morgan fingerprint density at radius 1 is 0.952 bits per heavy atom. The van der Waals surface area contributed by atoms with E-state index in [-0.39, 0.29) is 0 Å². The summed E-state index contributed by atoms with van der Waals surface area (Å²) in [6, 6.07) is 9.19. The first-order valence-electron chi connectivity index (χ1n) is 6.45. The Labute approximate surface area is 130 Å². The topological polar surface area (TPSA) is 47.1 Å². The highest BCUT2D eigenvalue weighted by atomic mass is 35.5. The van der Waals surface area contributed by atoms with E-state index in [1.54, 1.807) is 12.1 Å². The Morgan fingerprint density at radius 3 is 2.48 bits per heavy atom. The molecule has 0 bridgehead atoms. The molecule has 3 aromatic rings. The van der Waals surface area contributed by atoms with Crippen molar-refractivity contribution >= 4 is 34.2 Å². The molecule has 106 valence electrons. The lowest BCUT2D eigenvalue weighted by Gasteiger charge is -2.17. The number of aromatic amines is 1. The van der Waals surface area contributed by atoms with E-state index in [0.717, 1.165) is 33.9 Å². The van der Waals surface area contributed by atoms with E-state index >= 15 is 0 Å². The third-order valence-electron chi connectivity index (χ3n) is 3.34. The van der Waals surface area contributed by atoms with Crippen LogP contribution in [0.15, 0.2) is 30.3 Å². The number of nitrogens with zero attached hydrogens (tertiary/aromatic N) is 1. The average Bonchev–Trinajstić information content (AvgIpc) is 2.90. The maximum absolute atomic E-state index is 6.05. The van der Waals surface area contributed by atoms with Crippen LogP contribution in [0.3, 0.4) is 0 Å². The van der Waals surface area contributed by atoms with Gasteiger partial charge in [-0.3, -0.25) is 0 Å². The molecule has 1 aliphatic heterocycles. The number of imidazole rings is 1. The van der Waals surface area contributed by atoms with Gasteiger partial charge in [0.25, 0.3) is 0 Å². The zero-order valence-electron chi connectivity index (χ0n) is 10.8. The number of H-pyrrole nitrogens is 1. The third kappa shape index (κ3) is 2.20. The number of ether oxygens (including phenoxy) is 2. The normalized spacial score (nSPS) is 13.6. The molecule has 0 atom stereocenters. The van der Waals surface area contributed by atoms with Gasteiger partial charge in [-0.15, -0.1) is 0 Å². The van der Waals surface area contributed by atoms with Gasteiger partial charge in [-0.1, -0.05) is 23.2 Å². The summed E-state index contributed by atoms with van der Waals surface area (Å²) in [4.78, 5) is 7.83. The number of nitrogens with one attached hydrogen (secondary N) is 1. The van der Waals surface area contributed by atoms with E-state index in [1.807, 2.05) is 18.2 Å². The summed E-state index contributed by atoms with van der Waals surface area (Å²) in [6.45, 7) is 1.12. The van der Waals surface area contributed by atoms with Gasteiger partial charge in [0.2, 0.25) is 0 Å². The van der Waals surface area contributed by atoms with Gasteiger partial charge in [0.05, 0.1) is 21.1 Å². The van der Waals surface area contributed by atoms with Crippen molar-refractivity contribution in [2.45, 2.75) is 0 Å². The van der Waals surface area contributed by atoms with Crippen molar-refractivity contribution in [1.29, 1.82) is 0 Å². The summed E-state index contributed by atoms with van der Waals surface area (Å²) in [7, 11) is 0. The van der Waals surface area contributed by atoms with Crippen LogP contribution in [0.1, 0.15) is 0 Å². The van der Waals surface area contributed by atoms with Gasteiger partial charge in [0.15, 0.2) is 11.5 Å². The lowest BCUT2D eigenvalue weighted by atomic mass is 10.2. The second-order valence-electron chi connectivity index (χ2n) is 4.73. The number of aromatic nitrogens is 2. The van der Waals surface area contributed by atoms with Gasteiger partial charge in [-0.05, 0) is 18.2 Å². The van der Waals surface area contributed by atoms with E-state index in [0.29, 0.717) is 23.3 Å². The molecule has 0 fully saturated rings. The van der Waals surface area contributed by atoms with E-state index in [9.17, 15) is 0 Å². The number of hydrogen-bond acceptors (Lipinski definition) is 3. The van der Waals surface area contributed by atoms with Crippen molar-refractivity contribution in [3.63, 3.8) is 0 Å². The molecule has 0 saturated heterocycles. The fourth-order valence-corrected chi connectivity index (χ4v) is 2.62. The molecule has 4 rings (SSSR count). The highest BCUT2D eigenvalue weighted by molar-refractivity contribution is 6.42. The maximum Gasteiger partial charge on any atom is 0.163 e. The highest BCUT2D eigenvalue weighted by Gasteiger charge is 2.15. The van der Waals surface area contributed by atoms with Crippen LogP contribution in [0, 0.1) is 0 Å². The van der Waals surface area contributed by atoms with Gasteiger partial charge in [0, 0.05) is 17.7 Å². The van der Waals surface area contributed by atoms with Gasteiger partial charge in [-0.25, -0.2) is 4.98 Å². The van der Waals surface area contributed by atoms with Crippen molar-refractivity contribution in [3.8, 4) is 22.9 Å². The van der Waals surface area contributed by atoms with Crippen LogP contribution in [0.25, 0.3) is 22.4 Å². The van der Waals surface area contributed by atoms with Crippen molar-refractivity contribution in [3.05, 3.63) is 40.4 Å². The molecule has 4 nitrogen and oxygen atoms in total. The lowest BCUT2D eigenvalue weighted by Crippen LogP contribution is -2.15. The minimum atomic E-state index is 0.501. The van der Waals surface area contributed by atoms with Crippen LogP contribution in [-0.4, -0.2) is 23.2 Å². The zero-order valence-corrected chi connectivity index (χ0v) is 12.3. The quantitative estimate of drug-likeness (QED) is 0.726. The molecule has 0 radical (unpaired) electrons. The molecule has 21 heavy (non-hydrogen) atoms. The average molecular weight is 321 g/mol. The predicted octanol–water partition coefficient (Wildman–Crippen LogP) is 4.31. The van der Waals surface area contributed by atoms with Crippen LogP contribution in [0.2, 0.25) is 10.0 Å². The summed E-state index contributed by atoms with van der Waals surface area (Å²) in [6.07, 6.45) is 0. The molecular weight excluding hydrogens is 311 g/mol. The number of hydrogen-bond donors (Lipinski definition) is 1. The zero-order chi connectivity index (χ0) is 14.4. The van der Waals surface area contributed by atoms with Crippen molar-refractivity contribution in [1.82, 2.24) is 9.97 Å². The van der Waals surface area contributed by atoms with Crippen molar-refractivity contribution in [2.75, 3.05) is 13.2 Å². The smallest absolute Gasteiger partial charge is 0.163 e. The summed E-state index contributed by atoms with van der Waals surface area (Å²) >= 11 is 12.0. The van der Waals surface area contributed by atoms with Crippen LogP contribution >= 0.6 is 23.2 Å². The number of fused-ring (bicyclic) bond motifs is 2. The van der Waals surface area contributed by atoms with Crippen molar-refractivity contribution < 1.29 is 9.47 Å². The molecule has 2 aromatic carbocycles. The molecule has 6 heteroatoms. The van der Waals surface area contributed by atoms with Crippen LogP contribution in [0.5, 0.6) is 11.5 Å². The monoisotopic (exact) mass is 320 g/mol. The predicted molar refractivity (Wildman–Crippen MR) is 82.5 cm³/mol. The molecule has 2 heterocycles. The molecule has 1 aliphatic rings. The van der Waals surface area contributed by atoms with Gasteiger partial charge in [-0.2, -0.15) is 0 Å². The van der Waals surface area contributed by atoms with Crippen LogP contribution < -0.4 is 9.47 Å². The standard InChI is InChI=1S/C15H10Cl2N2O2/c16-9-2-1-8(5-10(9)17)15-18-11-6-13-14(7-12(11)19-15)21-4-3-20-13/h1-2,5-7H,3-4H2,(H,18,19). The van der Waals surface area contributed by atoms with Gasteiger partial charge < -0.3 is 14.5 Å². The highest BCUT2D eigenvalue weighted by Crippen LogP contribution is 2.35. The Kier molecular flexibility index (Phi) is 2.94. The first kappa shape index (κ1) is 12.8. The largest absolute Gasteiger partial charge is 0.486 e. The summed E-state index contributed by atoms with van der Waals surface area (Å²) in [5, 5.41) is 1.02. The van der Waals surface area contributed by atoms with E-state index in [2.05, 4.69) is 9.97 Å². The summed E-state index contributed by atoms with van der Waals surface area (Å²) < 4.78 is 11.1. The number of benzene rings is 2. The second-order valence-corrected chi connectivity index (χ2v) is 5.54. The molecule has 1 N–H and O–H groups in total. The van der Waals surface area contributed by atoms with E-state index in [4.69, 9.17) is 32.7 Å². The molecular formula is C15H10Cl2N2O2. The minimum Gasteiger partial charge on any atom is -0.486 e. The van der Waals surface area contributed by atoms with Gasteiger partial charge >= 0.3 is 0 Å². The Hall–Kier alpha value is -1.91. The minimum absolute atomic E-state index is 0.501. The fourth-order valence-electron chi connectivity index (χ4n) is 2.33. The SMILES string of the molecule is Clc1ccc(-c2nc3cc4c(cc3[nH]2)OCCO4)cc1Cl. The Balaban J connectivity index is 1.84.